The molecule has 0 radical (unpaired) electrons. The van der Waals surface area contributed by atoms with E-state index in [4.69, 9.17) is 21.1 Å². The molecule has 2 aliphatic heterocycles. The molecule has 1 amide bonds. The molecule has 7 nitrogen and oxygen atoms in total. The topological polar surface area (TPSA) is 76.2 Å². The highest BCUT2D eigenvalue weighted by Gasteiger charge is 2.38. The van der Waals surface area contributed by atoms with Crippen molar-refractivity contribution in [1.29, 1.82) is 0 Å². The van der Waals surface area contributed by atoms with Crippen LogP contribution in [0.4, 0.5) is 10.5 Å². The lowest BCUT2D eigenvalue weighted by atomic mass is 10.0. The van der Waals surface area contributed by atoms with Crippen LogP contribution in [0.5, 0.6) is 5.75 Å². The number of carbonyl (C=O) groups is 1. The predicted molar refractivity (Wildman–Crippen MR) is 123 cm³/mol. The zero-order valence-electron chi connectivity index (χ0n) is 18.6. The first-order valence-electron chi connectivity index (χ1n) is 10.5. The standard InChI is InChI=1S/C23H27ClN2O5S/c1-14-11-21(30-4)15(2)16(3)22(14)32(28,29)25-9-7-19(8-10-25)26-20-6-5-18(24)12-17(20)13-31-23(26)27/h5-6,11-12,19H,7-10,13H2,1-4H3. The van der Waals surface area contributed by atoms with E-state index in [0.29, 0.717) is 52.7 Å². The predicted octanol–water partition coefficient (Wildman–Crippen LogP) is 4.58. The highest BCUT2D eigenvalue weighted by atomic mass is 35.5. The summed E-state index contributed by atoms with van der Waals surface area (Å²) in [5.74, 6) is 0.681. The van der Waals surface area contributed by atoms with Crippen LogP contribution in [0.3, 0.4) is 0 Å². The Morgan fingerprint density at radius 2 is 1.78 bits per heavy atom. The highest BCUT2D eigenvalue weighted by molar-refractivity contribution is 7.89. The molecule has 2 aliphatic rings. The van der Waals surface area contributed by atoms with Crippen LogP contribution < -0.4 is 9.64 Å². The normalized spacial score (nSPS) is 17.8. The fourth-order valence-electron chi connectivity index (χ4n) is 4.66. The number of aryl methyl sites for hydroxylation is 1. The Morgan fingerprint density at radius 3 is 2.44 bits per heavy atom. The first-order valence-corrected chi connectivity index (χ1v) is 12.4. The Morgan fingerprint density at radius 1 is 1.09 bits per heavy atom. The SMILES string of the molecule is COc1cc(C)c(S(=O)(=O)N2CCC(N3C(=O)OCc4cc(Cl)ccc43)CC2)c(C)c1C. The molecule has 0 saturated carbocycles. The highest BCUT2D eigenvalue weighted by Crippen LogP contribution is 2.36. The molecule has 0 N–H and O–H groups in total. The molecule has 0 unspecified atom stereocenters. The van der Waals surface area contributed by atoms with E-state index in [1.54, 1.807) is 37.1 Å². The van der Waals surface area contributed by atoms with Crippen LogP contribution in [0.1, 0.15) is 35.1 Å². The lowest BCUT2D eigenvalue weighted by molar-refractivity contribution is 0.136. The number of fused-ring (bicyclic) bond motifs is 1. The first kappa shape index (κ1) is 22.9. The Hall–Kier alpha value is -2.29. The van der Waals surface area contributed by atoms with Gasteiger partial charge in [-0.3, -0.25) is 4.90 Å². The van der Waals surface area contributed by atoms with Crippen molar-refractivity contribution in [2.75, 3.05) is 25.1 Å². The summed E-state index contributed by atoms with van der Waals surface area (Å²) in [6.45, 7) is 6.31. The number of rotatable bonds is 4. The number of hydrogen-bond donors (Lipinski definition) is 0. The number of sulfonamides is 1. The number of cyclic esters (lactones) is 1. The minimum atomic E-state index is -3.68. The van der Waals surface area contributed by atoms with Crippen molar-refractivity contribution in [2.24, 2.45) is 0 Å². The zero-order valence-corrected chi connectivity index (χ0v) is 20.2. The Labute approximate surface area is 193 Å². The van der Waals surface area contributed by atoms with Crippen molar-refractivity contribution in [3.8, 4) is 5.75 Å². The number of nitrogens with zero attached hydrogens (tertiary/aromatic N) is 2. The molecule has 0 aromatic heterocycles. The molecule has 0 bridgehead atoms. The van der Waals surface area contributed by atoms with E-state index in [1.165, 1.54) is 4.31 Å². The molecular weight excluding hydrogens is 452 g/mol. The monoisotopic (exact) mass is 478 g/mol. The van der Waals surface area contributed by atoms with E-state index in [1.807, 2.05) is 19.9 Å². The number of carbonyl (C=O) groups excluding carboxylic acids is 1. The molecule has 1 saturated heterocycles. The maximum Gasteiger partial charge on any atom is 0.414 e. The van der Waals surface area contributed by atoms with Gasteiger partial charge < -0.3 is 9.47 Å². The van der Waals surface area contributed by atoms with Crippen LogP contribution in [-0.2, 0) is 21.4 Å². The summed E-state index contributed by atoms with van der Waals surface area (Å²) >= 11 is 6.09. The van der Waals surface area contributed by atoms with Crippen molar-refractivity contribution in [3.05, 3.63) is 51.5 Å². The van der Waals surface area contributed by atoms with E-state index in [-0.39, 0.29) is 12.6 Å². The summed E-state index contributed by atoms with van der Waals surface area (Å²) in [4.78, 5) is 14.5. The molecule has 1 fully saturated rings. The van der Waals surface area contributed by atoms with Crippen molar-refractivity contribution in [1.82, 2.24) is 4.31 Å². The maximum absolute atomic E-state index is 13.5. The summed E-state index contributed by atoms with van der Waals surface area (Å²) in [6.07, 6.45) is 0.631. The number of anilines is 1. The quantitative estimate of drug-likeness (QED) is 0.642. The van der Waals surface area contributed by atoms with E-state index >= 15 is 0 Å². The van der Waals surface area contributed by atoms with Gasteiger partial charge in [-0.2, -0.15) is 4.31 Å². The molecule has 2 aromatic rings. The van der Waals surface area contributed by atoms with Gasteiger partial charge in [-0.05, 0) is 74.6 Å². The fourth-order valence-corrected chi connectivity index (χ4v) is 6.81. The first-order chi connectivity index (χ1) is 15.1. The van der Waals surface area contributed by atoms with Gasteiger partial charge in [-0.1, -0.05) is 11.6 Å². The number of ether oxygens (including phenoxy) is 2. The minimum absolute atomic E-state index is 0.144. The van der Waals surface area contributed by atoms with Gasteiger partial charge in [0.2, 0.25) is 10.0 Å². The van der Waals surface area contributed by atoms with Crippen LogP contribution in [0.2, 0.25) is 5.02 Å². The van der Waals surface area contributed by atoms with Crippen LogP contribution in [0.15, 0.2) is 29.2 Å². The summed E-state index contributed by atoms with van der Waals surface area (Å²) in [5.41, 5.74) is 3.82. The number of hydrogen-bond acceptors (Lipinski definition) is 5. The van der Waals surface area contributed by atoms with Gasteiger partial charge in [0.05, 0.1) is 17.7 Å². The second-order valence-corrected chi connectivity index (χ2v) is 10.6. The molecule has 32 heavy (non-hydrogen) atoms. The van der Waals surface area contributed by atoms with Gasteiger partial charge in [-0.25, -0.2) is 13.2 Å². The van der Waals surface area contributed by atoms with Gasteiger partial charge in [0, 0.05) is 29.7 Å². The average molecular weight is 479 g/mol. The summed E-state index contributed by atoms with van der Waals surface area (Å²) in [6, 6.07) is 7.01. The molecule has 0 aliphatic carbocycles. The third-order valence-electron chi connectivity index (χ3n) is 6.43. The molecule has 172 valence electrons. The molecule has 2 heterocycles. The van der Waals surface area contributed by atoms with Gasteiger partial charge in [0.1, 0.15) is 12.4 Å². The maximum atomic E-state index is 13.5. The largest absolute Gasteiger partial charge is 0.496 e. The molecular formula is C23H27ClN2O5S. The minimum Gasteiger partial charge on any atom is -0.496 e. The van der Waals surface area contributed by atoms with Crippen molar-refractivity contribution in [3.63, 3.8) is 0 Å². The third kappa shape index (κ3) is 3.84. The number of amides is 1. The Balaban J connectivity index is 1.57. The van der Waals surface area contributed by atoms with E-state index in [0.717, 1.165) is 16.8 Å². The molecule has 4 rings (SSSR count). The van der Waals surface area contributed by atoms with Gasteiger partial charge >= 0.3 is 6.09 Å². The Kier molecular flexibility index (Phi) is 6.13. The van der Waals surface area contributed by atoms with Crippen molar-refractivity contribution < 1.29 is 22.7 Å². The van der Waals surface area contributed by atoms with E-state index in [2.05, 4.69) is 0 Å². The van der Waals surface area contributed by atoms with Gasteiger partial charge in [-0.15, -0.1) is 0 Å². The lowest BCUT2D eigenvalue weighted by Crippen LogP contribution is -2.50. The van der Waals surface area contributed by atoms with E-state index < -0.39 is 16.1 Å². The van der Waals surface area contributed by atoms with Crippen LogP contribution >= 0.6 is 11.6 Å². The molecule has 0 atom stereocenters. The smallest absolute Gasteiger partial charge is 0.414 e. The molecule has 0 spiro atoms. The number of benzene rings is 2. The average Bonchev–Trinajstić information content (AvgIpc) is 2.76. The van der Waals surface area contributed by atoms with Crippen LogP contribution in [0, 0.1) is 20.8 Å². The van der Waals surface area contributed by atoms with Gasteiger partial charge in [0.25, 0.3) is 0 Å². The second kappa shape index (κ2) is 8.57. The second-order valence-electron chi connectivity index (χ2n) is 8.31. The fraction of sp³-hybridized carbons (Fsp3) is 0.435. The number of methoxy groups -OCH3 is 1. The van der Waals surface area contributed by atoms with Gasteiger partial charge in [0.15, 0.2) is 0 Å². The van der Waals surface area contributed by atoms with E-state index in [9.17, 15) is 13.2 Å². The lowest BCUT2D eigenvalue weighted by Gasteiger charge is -2.40. The molecule has 9 heteroatoms. The van der Waals surface area contributed by atoms with Crippen molar-refractivity contribution in [2.45, 2.75) is 51.2 Å². The van der Waals surface area contributed by atoms with Crippen LogP contribution in [-0.4, -0.2) is 45.1 Å². The van der Waals surface area contributed by atoms with Crippen LogP contribution in [0.25, 0.3) is 0 Å². The summed E-state index contributed by atoms with van der Waals surface area (Å²) < 4.78 is 39.3. The molecule has 2 aromatic carbocycles. The number of halogens is 1. The third-order valence-corrected chi connectivity index (χ3v) is 8.86. The summed E-state index contributed by atoms with van der Waals surface area (Å²) in [7, 11) is -2.10. The summed E-state index contributed by atoms with van der Waals surface area (Å²) in [5, 5.41) is 0.586. The zero-order chi connectivity index (χ0) is 23.2. The Bertz CT molecular complexity index is 1170. The number of piperidine rings is 1. The van der Waals surface area contributed by atoms with Crippen molar-refractivity contribution >= 4 is 33.4 Å².